The van der Waals surface area contributed by atoms with Crippen molar-refractivity contribution in [2.75, 3.05) is 13.1 Å². The molecular weight excluding hydrogens is 291 g/mol. The van der Waals surface area contributed by atoms with Gasteiger partial charge in [-0.3, -0.25) is 0 Å². The van der Waals surface area contributed by atoms with Crippen LogP contribution in [0.25, 0.3) is 10.9 Å². The van der Waals surface area contributed by atoms with Crippen LogP contribution in [0.1, 0.15) is 18.5 Å². The first-order valence-corrected chi connectivity index (χ1v) is 7.90. The summed E-state index contributed by atoms with van der Waals surface area (Å²) < 4.78 is 15.4. The minimum atomic E-state index is -0.585. The molecule has 0 spiro atoms. The quantitative estimate of drug-likeness (QED) is 0.732. The van der Waals surface area contributed by atoms with Crippen molar-refractivity contribution in [1.29, 1.82) is 0 Å². The lowest BCUT2D eigenvalue weighted by Crippen LogP contribution is -2.34. The number of hydrogen-bond acceptors (Lipinski definition) is 2. The van der Waals surface area contributed by atoms with Crippen molar-refractivity contribution in [3.05, 3.63) is 72.2 Å². The van der Waals surface area contributed by atoms with Crippen molar-refractivity contribution >= 4 is 10.9 Å². The number of aliphatic hydroxyl groups excluding tert-OH is 1. The van der Waals surface area contributed by atoms with Gasteiger partial charge in [0.2, 0.25) is 0 Å². The van der Waals surface area contributed by atoms with E-state index < -0.39 is 6.10 Å². The summed E-state index contributed by atoms with van der Waals surface area (Å²) in [5.41, 5.74) is 1.94. The molecule has 0 bridgehead atoms. The van der Waals surface area contributed by atoms with E-state index in [4.69, 9.17) is 0 Å². The molecule has 2 N–H and O–H groups in total. The van der Waals surface area contributed by atoms with Crippen LogP contribution in [0.5, 0.6) is 0 Å². The van der Waals surface area contributed by atoms with Gasteiger partial charge in [0.05, 0.1) is 12.1 Å². The van der Waals surface area contributed by atoms with Crippen molar-refractivity contribution in [3.63, 3.8) is 0 Å². The van der Waals surface area contributed by atoms with E-state index in [1.54, 1.807) is 6.07 Å². The Labute approximate surface area is 135 Å². The fourth-order valence-electron chi connectivity index (χ4n) is 3.00. The van der Waals surface area contributed by atoms with Crippen LogP contribution in [-0.4, -0.2) is 28.9 Å². The Morgan fingerprint density at radius 3 is 2.65 bits per heavy atom. The van der Waals surface area contributed by atoms with Gasteiger partial charge in [0.25, 0.3) is 0 Å². The lowest BCUT2D eigenvalue weighted by molar-refractivity contribution is 0.130. The Kier molecular flexibility index (Phi) is 4.74. The number of halogens is 1. The van der Waals surface area contributed by atoms with Crippen LogP contribution in [0, 0.1) is 5.82 Å². The molecule has 1 aromatic heterocycles. The molecule has 0 aliphatic heterocycles. The zero-order valence-corrected chi connectivity index (χ0v) is 13.1. The van der Waals surface area contributed by atoms with E-state index >= 15 is 0 Å². The maximum Gasteiger partial charge on any atom is 0.123 e. The Morgan fingerprint density at radius 1 is 1.13 bits per heavy atom. The second-order valence-electron chi connectivity index (χ2n) is 5.66. The molecule has 1 heterocycles. The van der Waals surface area contributed by atoms with Crippen molar-refractivity contribution in [1.82, 2.24) is 9.88 Å². The third kappa shape index (κ3) is 3.28. The summed E-state index contributed by atoms with van der Waals surface area (Å²) in [5.74, 6) is -0.250. The van der Waals surface area contributed by atoms with Crippen LogP contribution in [0.2, 0.25) is 0 Å². The lowest BCUT2D eigenvalue weighted by atomic mass is 10.0. The van der Waals surface area contributed by atoms with Crippen LogP contribution < -0.4 is 5.32 Å². The molecule has 0 radical (unpaired) electrons. The fraction of sp³-hybridized carbons (Fsp3) is 0.263. The van der Waals surface area contributed by atoms with Gasteiger partial charge in [-0.1, -0.05) is 37.3 Å². The molecule has 3 aromatic rings. The molecule has 2 aromatic carbocycles. The van der Waals surface area contributed by atoms with Gasteiger partial charge in [0.1, 0.15) is 5.82 Å². The Hall–Kier alpha value is -2.17. The minimum absolute atomic E-state index is 0.224. The summed E-state index contributed by atoms with van der Waals surface area (Å²) in [5, 5.41) is 14.8. The highest BCUT2D eigenvalue weighted by atomic mass is 19.1. The first-order valence-electron chi connectivity index (χ1n) is 7.90. The van der Waals surface area contributed by atoms with Crippen LogP contribution in [0.4, 0.5) is 4.39 Å². The first-order chi connectivity index (χ1) is 11.2. The van der Waals surface area contributed by atoms with Gasteiger partial charge in [-0.2, -0.15) is 0 Å². The van der Waals surface area contributed by atoms with Crippen LogP contribution in [0.3, 0.4) is 0 Å². The Morgan fingerprint density at radius 2 is 1.91 bits per heavy atom. The predicted molar refractivity (Wildman–Crippen MR) is 91.0 cm³/mol. The predicted octanol–water partition coefficient (Wildman–Crippen LogP) is 3.34. The molecule has 0 aliphatic rings. The molecule has 0 aliphatic carbocycles. The normalized spacial score (nSPS) is 14.0. The highest BCUT2D eigenvalue weighted by molar-refractivity contribution is 5.80. The highest BCUT2D eigenvalue weighted by Gasteiger charge is 2.23. The molecule has 3 rings (SSSR count). The third-order valence-corrected chi connectivity index (χ3v) is 4.09. The van der Waals surface area contributed by atoms with Crippen molar-refractivity contribution in [3.8, 4) is 0 Å². The van der Waals surface area contributed by atoms with E-state index in [0.717, 1.165) is 23.0 Å². The van der Waals surface area contributed by atoms with Crippen LogP contribution >= 0.6 is 0 Å². The minimum Gasteiger partial charge on any atom is -0.389 e. The number of nitrogens with zero attached hydrogens (tertiary/aromatic N) is 1. The van der Waals surface area contributed by atoms with Gasteiger partial charge in [-0.05, 0) is 36.4 Å². The van der Waals surface area contributed by atoms with Gasteiger partial charge in [0.15, 0.2) is 0 Å². The number of aliphatic hydroxyl groups is 1. The Balaban J connectivity index is 2.06. The molecular formula is C19H21FN2O. The van der Waals surface area contributed by atoms with Crippen molar-refractivity contribution < 1.29 is 9.50 Å². The summed E-state index contributed by atoms with van der Waals surface area (Å²) in [6, 6.07) is 16.3. The monoisotopic (exact) mass is 312 g/mol. The summed E-state index contributed by atoms with van der Waals surface area (Å²) >= 11 is 0. The topological polar surface area (TPSA) is 37.2 Å². The summed E-state index contributed by atoms with van der Waals surface area (Å²) in [6.45, 7) is 3.31. The summed E-state index contributed by atoms with van der Waals surface area (Å²) in [7, 11) is 0. The number of likely N-dealkylation sites (N-methyl/N-ethyl adjacent to an activating group) is 1. The molecule has 0 saturated heterocycles. The van der Waals surface area contributed by atoms with Gasteiger partial charge in [0, 0.05) is 23.6 Å². The van der Waals surface area contributed by atoms with E-state index in [9.17, 15) is 9.50 Å². The molecule has 0 unspecified atom stereocenters. The lowest BCUT2D eigenvalue weighted by Gasteiger charge is -2.26. The SMILES string of the molecule is CCNC[C@H](O)[C@@H](c1ccccc1)n1ccc2cc(F)ccc21. The third-order valence-electron chi connectivity index (χ3n) is 4.09. The smallest absolute Gasteiger partial charge is 0.123 e. The molecule has 0 fully saturated rings. The van der Waals surface area contributed by atoms with Gasteiger partial charge in [-0.15, -0.1) is 0 Å². The molecule has 0 saturated carbocycles. The van der Waals surface area contributed by atoms with E-state index in [2.05, 4.69) is 5.32 Å². The largest absolute Gasteiger partial charge is 0.389 e. The Bertz CT molecular complexity index is 769. The molecule has 2 atom stereocenters. The molecule has 23 heavy (non-hydrogen) atoms. The second kappa shape index (κ2) is 6.94. The number of rotatable bonds is 6. The van der Waals surface area contributed by atoms with Crippen LogP contribution in [0.15, 0.2) is 60.8 Å². The van der Waals surface area contributed by atoms with Crippen molar-refractivity contribution in [2.24, 2.45) is 0 Å². The molecule has 120 valence electrons. The number of aromatic nitrogens is 1. The number of fused-ring (bicyclic) bond motifs is 1. The van der Waals surface area contributed by atoms with E-state index in [1.807, 2.05) is 54.1 Å². The van der Waals surface area contributed by atoms with Gasteiger partial charge in [-0.25, -0.2) is 4.39 Å². The fourth-order valence-corrected chi connectivity index (χ4v) is 3.00. The van der Waals surface area contributed by atoms with E-state index in [1.165, 1.54) is 12.1 Å². The zero-order chi connectivity index (χ0) is 16.2. The standard InChI is InChI=1S/C19H21FN2O/c1-2-21-13-18(23)19(14-6-4-3-5-7-14)22-11-10-15-12-16(20)8-9-17(15)22/h3-12,18-19,21,23H,2,13H2,1H3/t18-,19+/m0/s1. The number of hydrogen-bond donors (Lipinski definition) is 2. The molecule has 3 nitrogen and oxygen atoms in total. The molecule has 4 heteroatoms. The number of nitrogens with one attached hydrogen (secondary N) is 1. The van der Waals surface area contributed by atoms with Crippen LogP contribution in [-0.2, 0) is 0 Å². The van der Waals surface area contributed by atoms with Gasteiger partial charge >= 0.3 is 0 Å². The van der Waals surface area contributed by atoms with Gasteiger partial charge < -0.3 is 15.0 Å². The number of benzene rings is 2. The maximum atomic E-state index is 13.4. The summed E-state index contributed by atoms with van der Waals surface area (Å²) in [6.07, 6.45) is 1.33. The van der Waals surface area contributed by atoms with Crippen molar-refractivity contribution in [2.45, 2.75) is 19.1 Å². The van der Waals surface area contributed by atoms with E-state index in [-0.39, 0.29) is 11.9 Å². The molecule has 0 amide bonds. The second-order valence-corrected chi connectivity index (χ2v) is 5.66. The zero-order valence-electron chi connectivity index (χ0n) is 13.1. The first kappa shape index (κ1) is 15.7. The average Bonchev–Trinajstić information content (AvgIpc) is 2.97. The summed E-state index contributed by atoms with van der Waals surface area (Å²) in [4.78, 5) is 0. The highest BCUT2D eigenvalue weighted by Crippen LogP contribution is 2.28. The maximum absolute atomic E-state index is 13.4. The average molecular weight is 312 g/mol. The van der Waals surface area contributed by atoms with E-state index in [0.29, 0.717) is 6.54 Å².